The highest BCUT2D eigenvalue weighted by Gasteiger charge is 2.19. The molecule has 1 aromatic heterocycles. The Morgan fingerprint density at radius 2 is 2.05 bits per heavy atom. The lowest BCUT2D eigenvalue weighted by atomic mass is 10.0. The third-order valence-corrected chi connectivity index (χ3v) is 3.91. The molecule has 0 saturated carbocycles. The molecular formula is C15H23N5O. The number of nitrogens with zero attached hydrogens (tertiary/aromatic N) is 4. The normalized spacial score (nSPS) is 13.9. The lowest BCUT2D eigenvalue weighted by Gasteiger charge is -2.19. The number of hydrogen-bond donors (Lipinski definition) is 1. The SMILES string of the molecule is CCOc1ccc(-c2nnnn2C(C)C(C)CC)cc1N. The van der Waals surface area contributed by atoms with E-state index in [2.05, 4.69) is 36.3 Å². The Morgan fingerprint density at radius 1 is 1.29 bits per heavy atom. The van der Waals surface area contributed by atoms with E-state index in [4.69, 9.17) is 10.5 Å². The van der Waals surface area contributed by atoms with Crippen molar-refractivity contribution in [2.75, 3.05) is 12.3 Å². The number of ether oxygens (including phenoxy) is 1. The van der Waals surface area contributed by atoms with Crippen molar-refractivity contribution in [2.45, 2.75) is 40.2 Å². The van der Waals surface area contributed by atoms with Gasteiger partial charge in [-0.05, 0) is 48.4 Å². The van der Waals surface area contributed by atoms with Crippen LogP contribution in [-0.2, 0) is 0 Å². The fourth-order valence-electron chi connectivity index (χ4n) is 2.21. The molecule has 114 valence electrons. The van der Waals surface area contributed by atoms with Gasteiger partial charge in [0, 0.05) is 5.56 Å². The molecule has 2 aromatic rings. The molecule has 0 radical (unpaired) electrons. The quantitative estimate of drug-likeness (QED) is 0.827. The van der Waals surface area contributed by atoms with Crippen molar-refractivity contribution in [3.8, 4) is 17.1 Å². The summed E-state index contributed by atoms with van der Waals surface area (Å²) in [7, 11) is 0. The van der Waals surface area contributed by atoms with E-state index < -0.39 is 0 Å². The van der Waals surface area contributed by atoms with Gasteiger partial charge in [-0.3, -0.25) is 0 Å². The van der Waals surface area contributed by atoms with Gasteiger partial charge in [0.15, 0.2) is 5.82 Å². The number of benzene rings is 1. The Bertz CT molecular complexity index is 595. The van der Waals surface area contributed by atoms with Gasteiger partial charge in [-0.25, -0.2) is 4.68 Å². The van der Waals surface area contributed by atoms with Gasteiger partial charge in [0.05, 0.1) is 18.3 Å². The second-order valence-electron chi connectivity index (χ2n) is 5.26. The van der Waals surface area contributed by atoms with Crippen molar-refractivity contribution in [3.63, 3.8) is 0 Å². The van der Waals surface area contributed by atoms with Crippen LogP contribution < -0.4 is 10.5 Å². The summed E-state index contributed by atoms with van der Waals surface area (Å²) in [5.41, 5.74) is 7.52. The molecule has 0 amide bonds. The van der Waals surface area contributed by atoms with E-state index in [0.717, 1.165) is 17.8 Å². The molecule has 2 rings (SSSR count). The van der Waals surface area contributed by atoms with Crippen molar-refractivity contribution in [1.82, 2.24) is 20.2 Å². The zero-order valence-electron chi connectivity index (χ0n) is 13.1. The second kappa shape index (κ2) is 6.56. The van der Waals surface area contributed by atoms with E-state index in [1.54, 1.807) is 0 Å². The molecule has 6 nitrogen and oxygen atoms in total. The van der Waals surface area contributed by atoms with E-state index in [1.807, 2.05) is 29.8 Å². The maximum absolute atomic E-state index is 6.02. The molecule has 0 bridgehead atoms. The molecule has 2 unspecified atom stereocenters. The van der Waals surface area contributed by atoms with Crippen LogP contribution in [0.3, 0.4) is 0 Å². The molecule has 0 aliphatic rings. The van der Waals surface area contributed by atoms with E-state index in [9.17, 15) is 0 Å². The highest BCUT2D eigenvalue weighted by Crippen LogP contribution is 2.29. The molecule has 2 atom stereocenters. The molecular weight excluding hydrogens is 266 g/mol. The van der Waals surface area contributed by atoms with Crippen LogP contribution in [0.1, 0.15) is 40.2 Å². The first-order chi connectivity index (χ1) is 10.1. The van der Waals surface area contributed by atoms with Gasteiger partial charge in [-0.15, -0.1) is 5.10 Å². The van der Waals surface area contributed by atoms with Gasteiger partial charge >= 0.3 is 0 Å². The molecule has 0 saturated heterocycles. The number of anilines is 1. The Morgan fingerprint density at radius 3 is 2.67 bits per heavy atom. The van der Waals surface area contributed by atoms with Crippen molar-refractivity contribution >= 4 is 5.69 Å². The Balaban J connectivity index is 2.35. The lowest BCUT2D eigenvalue weighted by molar-refractivity contribution is 0.340. The summed E-state index contributed by atoms with van der Waals surface area (Å²) in [6, 6.07) is 5.89. The second-order valence-corrected chi connectivity index (χ2v) is 5.26. The summed E-state index contributed by atoms with van der Waals surface area (Å²) in [5, 5.41) is 12.1. The Kier molecular flexibility index (Phi) is 4.77. The standard InChI is InChI=1S/C15H23N5O/c1-5-10(3)11(4)20-15(17-18-19-20)12-7-8-14(21-6-2)13(16)9-12/h7-11H,5-6,16H2,1-4H3. The molecule has 1 heterocycles. The highest BCUT2D eigenvalue weighted by molar-refractivity contribution is 5.66. The molecule has 6 heteroatoms. The molecule has 0 fully saturated rings. The zero-order valence-corrected chi connectivity index (χ0v) is 13.1. The van der Waals surface area contributed by atoms with Crippen LogP contribution in [0.5, 0.6) is 5.75 Å². The van der Waals surface area contributed by atoms with Crippen LogP contribution in [0.25, 0.3) is 11.4 Å². The number of aromatic nitrogens is 4. The third kappa shape index (κ3) is 3.15. The summed E-state index contributed by atoms with van der Waals surface area (Å²) in [5.74, 6) is 1.92. The first kappa shape index (κ1) is 15.3. The summed E-state index contributed by atoms with van der Waals surface area (Å²) < 4.78 is 7.32. The first-order valence-electron chi connectivity index (χ1n) is 7.39. The van der Waals surface area contributed by atoms with Crippen molar-refractivity contribution in [3.05, 3.63) is 18.2 Å². The van der Waals surface area contributed by atoms with Crippen LogP contribution in [0.15, 0.2) is 18.2 Å². The molecule has 21 heavy (non-hydrogen) atoms. The minimum Gasteiger partial charge on any atom is -0.492 e. The smallest absolute Gasteiger partial charge is 0.182 e. The highest BCUT2D eigenvalue weighted by atomic mass is 16.5. The summed E-state index contributed by atoms with van der Waals surface area (Å²) in [6.07, 6.45) is 1.08. The van der Waals surface area contributed by atoms with Crippen LogP contribution in [0.4, 0.5) is 5.69 Å². The summed E-state index contributed by atoms with van der Waals surface area (Å²) >= 11 is 0. The van der Waals surface area contributed by atoms with Gasteiger partial charge in [0.2, 0.25) is 0 Å². The number of rotatable bonds is 6. The van der Waals surface area contributed by atoms with Gasteiger partial charge in [-0.2, -0.15) is 0 Å². The van der Waals surface area contributed by atoms with Crippen molar-refractivity contribution in [2.24, 2.45) is 5.92 Å². The number of nitrogens with two attached hydrogens (primary N) is 1. The summed E-state index contributed by atoms with van der Waals surface area (Å²) in [4.78, 5) is 0. The minimum atomic E-state index is 0.229. The largest absolute Gasteiger partial charge is 0.492 e. The Hall–Kier alpha value is -2.11. The topological polar surface area (TPSA) is 78.9 Å². The van der Waals surface area contributed by atoms with Gasteiger partial charge < -0.3 is 10.5 Å². The molecule has 0 aliphatic heterocycles. The molecule has 2 N–H and O–H groups in total. The average molecular weight is 289 g/mol. The van der Waals surface area contributed by atoms with Gasteiger partial charge in [0.1, 0.15) is 5.75 Å². The van der Waals surface area contributed by atoms with Crippen molar-refractivity contribution < 1.29 is 4.74 Å². The maximum atomic E-state index is 6.02. The van der Waals surface area contributed by atoms with E-state index in [0.29, 0.717) is 24.0 Å². The number of nitrogen functional groups attached to an aromatic ring is 1. The zero-order chi connectivity index (χ0) is 15.4. The molecule has 1 aromatic carbocycles. The lowest BCUT2D eigenvalue weighted by Crippen LogP contribution is -2.16. The average Bonchev–Trinajstić information content (AvgIpc) is 2.97. The first-order valence-corrected chi connectivity index (χ1v) is 7.39. The maximum Gasteiger partial charge on any atom is 0.182 e. The van der Waals surface area contributed by atoms with Gasteiger partial charge in [0.25, 0.3) is 0 Å². The number of hydrogen-bond acceptors (Lipinski definition) is 5. The summed E-state index contributed by atoms with van der Waals surface area (Å²) in [6.45, 7) is 9.02. The van der Waals surface area contributed by atoms with Gasteiger partial charge in [-0.1, -0.05) is 20.3 Å². The minimum absolute atomic E-state index is 0.229. The predicted octanol–water partition coefficient (Wildman–Crippen LogP) is 2.93. The fraction of sp³-hybridized carbons (Fsp3) is 0.533. The van der Waals surface area contributed by atoms with Crippen LogP contribution in [0, 0.1) is 5.92 Å². The van der Waals surface area contributed by atoms with E-state index >= 15 is 0 Å². The van der Waals surface area contributed by atoms with E-state index in [1.165, 1.54) is 0 Å². The van der Waals surface area contributed by atoms with Crippen LogP contribution >= 0.6 is 0 Å². The van der Waals surface area contributed by atoms with Crippen LogP contribution in [0.2, 0.25) is 0 Å². The Labute approximate surface area is 125 Å². The molecule has 0 spiro atoms. The fourth-order valence-corrected chi connectivity index (χ4v) is 2.21. The third-order valence-electron chi connectivity index (χ3n) is 3.91. The molecule has 0 aliphatic carbocycles. The number of tetrazole rings is 1. The predicted molar refractivity (Wildman–Crippen MR) is 83.0 cm³/mol. The van der Waals surface area contributed by atoms with Crippen LogP contribution in [-0.4, -0.2) is 26.8 Å². The van der Waals surface area contributed by atoms with E-state index in [-0.39, 0.29) is 6.04 Å². The monoisotopic (exact) mass is 289 g/mol. The van der Waals surface area contributed by atoms with Crippen molar-refractivity contribution in [1.29, 1.82) is 0 Å².